The standard InChI is InChI=1S/C30H40N2O2/c1-29(2,3)22-15-14-21-19-31-32(26(21)17-22)27-12-9-13-28(34-27)33-23-16-20-10-7-8-11-24(20)25(18-23)30(4,5)6/h7-8,10-11,14-15,17,19,23,25,27-28H,9,12-13,16,18H2,1-6H3. The molecule has 3 aromatic rings. The first kappa shape index (κ1) is 23.6. The number of ether oxygens (including phenoxy) is 2. The lowest BCUT2D eigenvalue weighted by atomic mass is 9.68. The normalized spacial score (nSPS) is 25.9. The summed E-state index contributed by atoms with van der Waals surface area (Å²) < 4.78 is 15.3. The van der Waals surface area contributed by atoms with Crippen molar-refractivity contribution in [3.8, 4) is 0 Å². The number of hydrogen-bond acceptors (Lipinski definition) is 3. The highest BCUT2D eigenvalue weighted by atomic mass is 16.7. The second kappa shape index (κ2) is 8.80. The third-order valence-corrected chi connectivity index (χ3v) is 7.70. The Bertz CT molecular complexity index is 1150. The van der Waals surface area contributed by atoms with Crippen molar-refractivity contribution in [3.05, 3.63) is 65.4 Å². The lowest BCUT2D eigenvalue weighted by molar-refractivity contribution is -0.237. The first-order chi connectivity index (χ1) is 16.1. The van der Waals surface area contributed by atoms with Gasteiger partial charge in [0.25, 0.3) is 0 Å². The second-order valence-corrected chi connectivity index (χ2v) is 12.4. The molecular weight excluding hydrogens is 420 g/mol. The van der Waals surface area contributed by atoms with Gasteiger partial charge in [-0.05, 0) is 71.6 Å². The van der Waals surface area contributed by atoms with E-state index in [1.54, 1.807) is 0 Å². The summed E-state index contributed by atoms with van der Waals surface area (Å²) in [5, 5.41) is 5.90. The molecule has 1 fully saturated rings. The first-order valence-electron chi connectivity index (χ1n) is 13.0. The molecule has 2 aliphatic rings. The van der Waals surface area contributed by atoms with E-state index in [1.807, 2.05) is 6.20 Å². The van der Waals surface area contributed by atoms with Crippen molar-refractivity contribution in [2.45, 2.75) is 104 Å². The molecule has 0 N–H and O–H groups in total. The third-order valence-electron chi connectivity index (χ3n) is 7.70. The minimum atomic E-state index is -0.181. The van der Waals surface area contributed by atoms with Gasteiger partial charge in [-0.1, -0.05) is 77.9 Å². The van der Waals surface area contributed by atoms with Crippen molar-refractivity contribution in [1.29, 1.82) is 0 Å². The minimum Gasteiger partial charge on any atom is -0.349 e. The van der Waals surface area contributed by atoms with Crippen LogP contribution in [0.4, 0.5) is 0 Å². The SMILES string of the molecule is CC(C)(C)c1ccc2cnn(C3CCCC(OC4Cc5ccccc5C(C(C)(C)C)C4)O3)c2c1. The highest BCUT2D eigenvalue weighted by Crippen LogP contribution is 2.45. The molecule has 1 aliphatic carbocycles. The molecule has 2 heterocycles. The zero-order valence-corrected chi connectivity index (χ0v) is 21.7. The highest BCUT2D eigenvalue weighted by Gasteiger charge is 2.37. The van der Waals surface area contributed by atoms with Crippen LogP contribution in [0.5, 0.6) is 0 Å². The number of aromatic nitrogens is 2. The van der Waals surface area contributed by atoms with E-state index < -0.39 is 0 Å². The summed E-state index contributed by atoms with van der Waals surface area (Å²) in [6.07, 6.45) is 6.89. The molecule has 5 rings (SSSR count). The first-order valence-corrected chi connectivity index (χ1v) is 13.0. The van der Waals surface area contributed by atoms with Gasteiger partial charge in [-0.15, -0.1) is 0 Å². The van der Waals surface area contributed by atoms with Gasteiger partial charge >= 0.3 is 0 Å². The van der Waals surface area contributed by atoms with Crippen molar-refractivity contribution >= 4 is 10.9 Å². The van der Waals surface area contributed by atoms with Crippen LogP contribution in [0.2, 0.25) is 0 Å². The molecule has 0 saturated carbocycles. The van der Waals surface area contributed by atoms with Crippen LogP contribution in [-0.4, -0.2) is 22.2 Å². The molecule has 1 aliphatic heterocycles. The zero-order valence-electron chi connectivity index (χ0n) is 21.7. The monoisotopic (exact) mass is 460 g/mol. The highest BCUT2D eigenvalue weighted by molar-refractivity contribution is 5.79. The van der Waals surface area contributed by atoms with Crippen LogP contribution in [-0.2, 0) is 21.3 Å². The van der Waals surface area contributed by atoms with Gasteiger partial charge in [-0.2, -0.15) is 5.10 Å². The third kappa shape index (κ3) is 4.67. The molecule has 1 saturated heterocycles. The molecule has 182 valence electrons. The van der Waals surface area contributed by atoms with Crippen molar-refractivity contribution in [2.75, 3.05) is 0 Å². The number of benzene rings is 2. The summed E-state index contributed by atoms with van der Waals surface area (Å²) in [5.41, 5.74) is 5.70. The fourth-order valence-electron chi connectivity index (χ4n) is 5.70. The van der Waals surface area contributed by atoms with Crippen LogP contribution in [0.1, 0.15) is 96.1 Å². The summed E-state index contributed by atoms with van der Waals surface area (Å²) in [4.78, 5) is 0. The Labute approximate surface area is 204 Å². The summed E-state index contributed by atoms with van der Waals surface area (Å²) in [6, 6.07) is 15.6. The van der Waals surface area contributed by atoms with Gasteiger partial charge in [0, 0.05) is 5.39 Å². The van der Waals surface area contributed by atoms with E-state index in [9.17, 15) is 0 Å². The largest absolute Gasteiger partial charge is 0.349 e. The van der Waals surface area contributed by atoms with Crippen LogP contribution in [0.3, 0.4) is 0 Å². The lowest BCUT2D eigenvalue weighted by Crippen LogP contribution is -2.37. The molecule has 0 bridgehead atoms. The summed E-state index contributed by atoms with van der Waals surface area (Å²) in [6.45, 7) is 13.8. The van der Waals surface area contributed by atoms with Gasteiger partial charge in [0.2, 0.25) is 0 Å². The predicted molar refractivity (Wildman–Crippen MR) is 138 cm³/mol. The van der Waals surface area contributed by atoms with Crippen LogP contribution < -0.4 is 0 Å². The average molecular weight is 461 g/mol. The minimum absolute atomic E-state index is 0.0826. The molecule has 0 radical (unpaired) electrons. The number of fused-ring (bicyclic) bond motifs is 2. The van der Waals surface area contributed by atoms with E-state index in [4.69, 9.17) is 14.6 Å². The molecule has 1 aromatic heterocycles. The van der Waals surface area contributed by atoms with Gasteiger partial charge in [-0.3, -0.25) is 0 Å². The van der Waals surface area contributed by atoms with Crippen molar-refractivity contribution in [1.82, 2.24) is 9.78 Å². The molecule has 0 amide bonds. The predicted octanol–water partition coefficient (Wildman–Crippen LogP) is 7.52. The average Bonchev–Trinajstić information content (AvgIpc) is 3.21. The van der Waals surface area contributed by atoms with Gasteiger partial charge in [0.15, 0.2) is 12.5 Å². The molecule has 0 spiro atoms. The van der Waals surface area contributed by atoms with E-state index in [0.717, 1.165) is 43.0 Å². The molecule has 4 nitrogen and oxygen atoms in total. The Hall–Kier alpha value is -2.17. The Morgan fingerprint density at radius 3 is 2.56 bits per heavy atom. The quantitative estimate of drug-likeness (QED) is 0.405. The van der Waals surface area contributed by atoms with Crippen LogP contribution >= 0.6 is 0 Å². The van der Waals surface area contributed by atoms with E-state index >= 15 is 0 Å². The maximum absolute atomic E-state index is 6.67. The fourth-order valence-corrected chi connectivity index (χ4v) is 5.70. The zero-order chi connectivity index (χ0) is 24.1. The van der Waals surface area contributed by atoms with Crippen molar-refractivity contribution in [3.63, 3.8) is 0 Å². The number of nitrogens with zero attached hydrogens (tertiary/aromatic N) is 2. The van der Waals surface area contributed by atoms with E-state index in [1.165, 1.54) is 16.7 Å². The van der Waals surface area contributed by atoms with Gasteiger partial charge < -0.3 is 9.47 Å². The van der Waals surface area contributed by atoms with Crippen molar-refractivity contribution in [2.24, 2.45) is 5.41 Å². The topological polar surface area (TPSA) is 36.3 Å². The molecule has 4 heteroatoms. The molecule has 4 unspecified atom stereocenters. The Balaban J connectivity index is 1.34. The second-order valence-electron chi connectivity index (χ2n) is 12.4. The summed E-state index contributed by atoms with van der Waals surface area (Å²) in [7, 11) is 0. The molecular formula is C30H40N2O2. The number of rotatable bonds is 3. The van der Waals surface area contributed by atoms with Crippen LogP contribution in [0.15, 0.2) is 48.7 Å². The summed E-state index contributed by atoms with van der Waals surface area (Å²) >= 11 is 0. The van der Waals surface area contributed by atoms with Crippen LogP contribution in [0.25, 0.3) is 10.9 Å². The fraction of sp³-hybridized carbons (Fsp3) is 0.567. The smallest absolute Gasteiger partial charge is 0.160 e. The van der Waals surface area contributed by atoms with Crippen LogP contribution in [0, 0.1) is 5.41 Å². The Morgan fingerprint density at radius 2 is 1.79 bits per heavy atom. The Morgan fingerprint density at radius 1 is 1.00 bits per heavy atom. The lowest BCUT2D eigenvalue weighted by Gasteiger charge is -2.41. The number of hydrogen-bond donors (Lipinski definition) is 0. The van der Waals surface area contributed by atoms with Gasteiger partial charge in [-0.25, -0.2) is 4.68 Å². The maximum Gasteiger partial charge on any atom is 0.160 e. The van der Waals surface area contributed by atoms with Gasteiger partial charge in [0.1, 0.15) is 0 Å². The molecule has 2 aromatic carbocycles. The summed E-state index contributed by atoms with van der Waals surface area (Å²) in [5.74, 6) is 0.493. The van der Waals surface area contributed by atoms with E-state index in [-0.39, 0.29) is 29.5 Å². The van der Waals surface area contributed by atoms with E-state index in [0.29, 0.717) is 5.92 Å². The van der Waals surface area contributed by atoms with Crippen molar-refractivity contribution < 1.29 is 9.47 Å². The molecule has 34 heavy (non-hydrogen) atoms. The maximum atomic E-state index is 6.67. The van der Waals surface area contributed by atoms with E-state index in [2.05, 4.69) is 88.7 Å². The van der Waals surface area contributed by atoms with Gasteiger partial charge in [0.05, 0.1) is 17.8 Å². The Kier molecular flexibility index (Phi) is 6.10. The molecule has 4 atom stereocenters.